The fraction of sp³-hybridized carbons (Fsp3) is 0.316. The van der Waals surface area contributed by atoms with Crippen LogP contribution in [-0.2, 0) is 19.6 Å². The highest BCUT2D eigenvalue weighted by Crippen LogP contribution is 2.23. The molecule has 10 heteroatoms. The lowest BCUT2D eigenvalue weighted by atomic mass is 10.2. The summed E-state index contributed by atoms with van der Waals surface area (Å²) in [6, 6.07) is 8.90. The largest absolute Gasteiger partial charge is 0.465 e. The van der Waals surface area contributed by atoms with Gasteiger partial charge in [-0.2, -0.15) is 0 Å². The molecule has 0 atom stereocenters. The van der Waals surface area contributed by atoms with Gasteiger partial charge in [0.25, 0.3) is 0 Å². The Labute approximate surface area is 173 Å². The number of benzene rings is 1. The molecule has 8 nitrogen and oxygen atoms in total. The summed E-state index contributed by atoms with van der Waals surface area (Å²) in [6.45, 7) is 1.56. The third-order valence-electron chi connectivity index (χ3n) is 4.10. The Bertz CT molecular complexity index is 996. The number of anilines is 1. The standard InChI is InChI=1S/C19H22N2O6S2/c1-13(22)14-6-8-15(9-7-14)29(25,26)21(2)12-4-5-17(23)20-18-11-10-16(28-18)19(24)27-3/h6-11H,4-5,12H2,1-3H3,(H,20,23). The number of rotatable bonds is 9. The van der Waals surface area contributed by atoms with Gasteiger partial charge in [0.2, 0.25) is 15.9 Å². The Hall–Kier alpha value is -2.56. The average Bonchev–Trinajstić information content (AvgIpc) is 3.15. The Morgan fingerprint density at radius 1 is 1.10 bits per heavy atom. The zero-order chi connectivity index (χ0) is 21.6. The molecule has 1 heterocycles. The van der Waals surface area contributed by atoms with Crippen LogP contribution >= 0.6 is 11.3 Å². The van der Waals surface area contributed by atoms with E-state index in [2.05, 4.69) is 10.1 Å². The lowest BCUT2D eigenvalue weighted by molar-refractivity contribution is -0.116. The number of thiophene rings is 1. The van der Waals surface area contributed by atoms with Crippen LogP contribution in [0.2, 0.25) is 0 Å². The third-order valence-corrected chi connectivity index (χ3v) is 6.95. The van der Waals surface area contributed by atoms with Crippen molar-refractivity contribution in [3.63, 3.8) is 0 Å². The topological polar surface area (TPSA) is 110 Å². The summed E-state index contributed by atoms with van der Waals surface area (Å²) >= 11 is 1.10. The molecule has 2 aromatic rings. The highest BCUT2D eigenvalue weighted by molar-refractivity contribution is 7.89. The number of Topliss-reactive ketones (excluding diaryl/α,β-unsaturated/α-hetero) is 1. The minimum absolute atomic E-state index is 0.0865. The molecule has 0 aliphatic heterocycles. The molecule has 1 N–H and O–H groups in total. The van der Waals surface area contributed by atoms with Gasteiger partial charge in [0.15, 0.2) is 5.78 Å². The molecule has 0 aliphatic rings. The lowest BCUT2D eigenvalue weighted by Crippen LogP contribution is -2.28. The van der Waals surface area contributed by atoms with Gasteiger partial charge in [-0.3, -0.25) is 9.59 Å². The molecule has 0 saturated carbocycles. The molecular weight excluding hydrogens is 416 g/mol. The van der Waals surface area contributed by atoms with Crippen molar-refractivity contribution in [2.24, 2.45) is 0 Å². The summed E-state index contributed by atoms with van der Waals surface area (Å²) < 4.78 is 30.9. The van der Waals surface area contributed by atoms with Gasteiger partial charge in [0, 0.05) is 25.6 Å². The van der Waals surface area contributed by atoms with E-state index in [9.17, 15) is 22.8 Å². The zero-order valence-electron chi connectivity index (χ0n) is 16.3. The number of ketones is 1. The van der Waals surface area contributed by atoms with Crippen molar-refractivity contribution in [1.29, 1.82) is 0 Å². The SMILES string of the molecule is COC(=O)c1ccc(NC(=O)CCCN(C)S(=O)(=O)c2ccc(C(C)=O)cc2)s1. The van der Waals surface area contributed by atoms with E-state index in [0.717, 1.165) is 11.3 Å². The van der Waals surface area contributed by atoms with Crippen LogP contribution in [-0.4, -0.2) is 51.1 Å². The summed E-state index contributed by atoms with van der Waals surface area (Å²) in [5, 5.41) is 3.19. The van der Waals surface area contributed by atoms with Crippen molar-refractivity contribution in [2.75, 3.05) is 26.0 Å². The minimum Gasteiger partial charge on any atom is -0.465 e. The molecular formula is C19H22N2O6S2. The van der Waals surface area contributed by atoms with Crippen LogP contribution in [0.3, 0.4) is 0 Å². The van der Waals surface area contributed by atoms with Gasteiger partial charge in [-0.05, 0) is 37.6 Å². The molecule has 2 rings (SSSR count). The fourth-order valence-electron chi connectivity index (χ4n) is 2.44. The molecule has 156 valence electrons. The second kappa shape index (κ2) is 9.77. The summed E-state index contributed by atoms with van der Waals surface area (Å²) in [4.78, 5) is 35.2. The van der Waals surface area contributed by atoms with E-state index < -0.39 is 16.0 Å². The third kappa shape index (κ3) is 5.96. The molecule has 1 amide bonds. The maximum atomic E-state index is 12.6. The highest BCUT2D eigenvalue weighted by Gasteiger charge is 2.21. The van der Waals surface area contributed by atoms with Gasteiger partial charge < -0.3 is 10.1 Å². The summed E-state index contributed by atoms with van der Waals surface area (Å²) in [5.74, 6) is -0.892. The van der Waals surface area contributed by atoms with E-state index >= 15 is 0 Å². The number of sulfonamides is 1. The number of methoxy groups -OCH3 is 1. The summed E-state index contributed by atoms with van der Waals surface area (Å²) in [6.07, 6.45) is 0.441. The van der Waals surface area contributed by atoms with E-state index in [4.69, 9.17) is 0 Å². The van der Waals surface area contributed by atoms with Gasteiger partial charge in [-0.25, -0.2) is 17.5 Å². The number of carbonyl (C=O) groups is 3. The van der Waals surface area contributed by atoms with Crippen molar-refractivity contribution < 1.29 is 27.5 Å². The van der Waals surface area contributed by atoms with Crippen LogP contribution in [0.25, 0.3) is 0 Å². The average molecular weight is 439 g/mol. The predicted octanol–water partition coefficient (Wildman–Crippen LogP) is 2.78. The van der Waals surface area contributed by atoms with Gasteiger partial charge in [0.05, 0.1) is 17.0 Å². The molecule has 0 unspecified atom stereocenters. The number of nitrogens with one attached hydrogen (secondary N) is 1. The van der Waals surface area contributed by atoms with Crippen molar-refractivity contribution in [3.05, 3.63) is 46.8 Å². The van der Waals surface area contributed by atoms with Gasteiger partial charge >= 0.3 is 5.97 Å². The summed E-state index contributed by atoms with van der Waals surface area (Å²) in [7, 11) is -0.988. The Balaban J connectivity index is 1.87. The van der Waals surface area contributed by atoms with Crippen molar-refractivity contribution in [1.82, 2.24) is 4.31 Å². The number of esters is 1. The predicted molar refractivity (Wildman–Crippen MR) is 110 cm³/mol. The van der Waals surface area contributed by atoms with E-state index in [0.29, 0.717) is 21.9 Å². The molecule has 1 aromatic heterocycles. The first-order chi connectivity index (χ1) is 13.6. The number of nitrogens with zero attached hydrogens (tertiary/aromatic N) is 1. The fourth-order valence-corrected chi connectivity index (χ4v) is 4.49. The van der Waals surface area contributed by atoms with E-state index in [1.165, 1.54) is 49.7 Å². The molecule has 1 aromatic carbocycles. The molecule has 0 radical (unpaired) electrons. The second-order valence-corrected chi connectivity index (χ2v) is 9.34. The maximum absolute atomic E-state index is 12.6. The zero-order valence-corrected chi connectivity index (χ0v) is 17.9. The Kier molecular flexibility index (Phi) is 7.66. The number of hydrogen-bond donors (Lipinski definition) is 1. The van der Waals surface area contributed by atoms with Crippen LogP contribution in [0.4, 0.5) is 5.00 Å². The first-order valence-electron chi connectivity index (χ1n) is 8.70. The molecule has 0 fully saturated rings. The van der Waals surface area contributed by atoms with Crippen molar-refractivity contribution in [3.8, 4) is 0 Å². The van der Waals surface area contributed by atoms with E-state index in [-0.39, 0.29) is 29.6 Å². The summed E-state index contributed by atoms with van der Waals surface area (Å²) in [5.41, 5.74) is 0.437. The minimum atomic E-state index is -3.71. The normalized spacial score (nSPS) is 11.3. The van der Waals surface area contributed by atoms with Crippen LogP contribution in [0.15, 0.2) is 41.3 Å². The molecule has 0 bridgehead atoms. The number of amides is 1. The molecule has 0 saturated heterocycles. The molecule has 0 aliphatic carbocycles. The molecule has 0 spiro atoms. The first-order valence-corrected chi connectivity index (χ1v) is 11.0. The van der Waals surface area contributed by atoms with Gasteiger partial charge in [0.1, 0.15) is 4.88 Å². The van der Waals surface area contributed by atoms with Crippen molar-refractivity contribution in [2.45, 2.75) is 24.7 Å². The monoisotopic (exact) mass is 438 g/mol. The highest BCUT2D eigenvalue weighted by atomic mass is 32.2. The smallest absolute Gasteiger partial charge is 0.348 e. The van der Waals surface area contributed by atoms with Gasteiger partial charge in [-0.1, -0.05) is 12.1 Å². The second-order valence-electron chi connectivity index (χ2n) is 6.21. The quantitative estimate of drug-likeness (QED) is 0.476. The van der Waals surface area contributed by atoms with E-state index in [1.807, 2.05) is 0 Å². The van der Waals surface area contributed by atoms with Crippen LogP contribution in [0.1, 0.15) is 39.8 Å². The van der Waals surface area contributed by atoms with Crippen molar-refractivity contribution >= 4 is 44.0 Å². The van der Waals surface area contributed by atoms with Gasteiger partial charge in [-0.15, -0.1) is 11.3 Å². The number of carbonyl (C=O) groups excluding carboxylic acids is 3. The Morgan fingerprint density at radius 3 is 2.34 bits per heavy atom. The van der Waals surface area contributed by atoms with E-state index in [1.54, 1.807) is 12.1 Å². The number of hydrogen-bond acceptors (Lipinski definition) is 7. The number of ether oxygens (including phenoxy) is 1. The molecule has 29 heavy (non-hydrogen) atoms. The first kappa shape index (κ1) is 22.7. The lowest BCUT2D eigenvalue weighted by Gasteiger charge is -2.17. The van der Waals surface area contributed by atoms with Crippen LogP contribution in [0, 0.1) is 0 Å². The Morgan fingerprint density at radius 2 is 1.76 bits per heavy atom. The maximum Gasteiger partial charge on any atom is 0.348 e. The van der Waals surface area contributed by atoms with Crippen LogP contribution in [0.5, 0.6) is 0 Å². The van der Waals surface area contributed by atoms with Crippen LogP contribution < -0.4 is 5.32 Å².